The monoisotopic (exact) mass is 503 g/mol. The van der Waals surface area contributed by atoms with E-state index in [1.54, 1.807) is 18.2 Å². The molecule has 3 N–H and O–H groups in total. The van der Waals surface area contributed by atoms with E-state index in [4.69, 9.17) is 16.3 Å². The van der Waals surface area contributed by atoms with Gasteiger partial charge in [0.25, 0.3) is 5.91 Å². The van der Waals surface area contributed by atoms with Gasteiger partial charge in [0, 0.05) is 7.05 Å². The van der Waals surface area contributed by atoms with Gasteiger partial charge in [0.1, 0.15) is 17.3 Å². The number of hydrogen-bond acceptors (Lipinski definition) is 6. The molecule has 0 aromatic heterocycles. The second kappa shape index (κ2) is 9.69. The highest BCUT2D eigenvalue weighted by Gasteiger charge is 2.45. The number of benzene rings is 2. The number of halogens is 5. The number of rotatable bonds is 5. The van der Waals surface area contributed by atoms with Crippen molar-refractivity contribution in [1.29, 1.82) is 0 Å². The van der Waals surface area contributed by atoms with Crippen molar-refractivity contribution in [2.45, 2.75) is 38.7 Å². The summed E-state index contributed by atoms with van der Waals surface area (Å²) in [5.74, 6) is -1.23. The van der Waals surface area contributed by atoms with Crippen LogP contribution in [0.4, 0.5) is 28.9 Å². The van der Waals surface area contributed by atoms with Crippen molar-refractivity contribution in [1.82, 2.24) is 4.90 Å². The molecule has 1 amide bonds. The molecule has 0 aliphatic carbocycles. The fraction of sp³-hybridized carbons (Fsp3) is 0.318. The number of aliphatic hydroxyl groups excluding tert-OH is 2. The van der Waals surface area contributed by atoms with Crippen molar-refractivity contribution < 1.29 is 37.3 Å². The smallest absolute Gasteiger partial charge is 0.431 e. The van der Waals surface area contributed by atoms with Crippen LogP contribution in [0, 0.1) is 12.7 Å². The number of carbonyl (C=O) groups excluding carboxylic acids is 1. The highest BCUT2D eigenvalue weighted by Crippen LogP contribution is 2.38. The number of ether oxygens (including phenoxy) is 1. The van der Waals surface area contributed by atoms with E-state index in [0.29, 0.717) is 21.6 Å². The van der Waals surface area contributed by atoms with Gasteiger partial charge in [-0.05, 0) is 49.8 Å². The van der Waals surface area contributed by atoms with Gasteiger partial charge in [0.15, 0.2) is 12.3 Å². The van der Waals surface area contributed by atoms with E-state index in [1.165, 1.54) is 6.92 Å². The number of hydrogen-bond donors (Lipinski definition) is 3. The Morgan fingerprint density at radius 3 is 2.53 bits per heavy atom. The molecule has 2 aromatic rings. The molecule has 3 atom stereocenters. The Labute approximate surface area is 197 Å². The number of amides is 1. The topological polar surface area (TPSA) is 85.3 Å². The zero-order chi connectivity index (χ0) is 25.4. The molecule has 0 spiro atoms. The van der Waals surface area contributed by atoms with Gasteiger partial charge in [-0.15, -0.1) is 0 Å². The maximum Gasteiger partial charge on any atom is 0.431 e. The first kappa shape index (κ1) is 25.6. The third-order valence-corrected chi connectivity index (χ3v) is 5.41. The van der Waals surface area contributed by atoms with Crippen LogP contribution in [0.25, 0.3) is 0 Å². The summed E-state index contributed by atoms with van der Waals surface area (Å²) in [6.07, 6.45) is -9.50. The molecule has 3 unspecified atom stereocenters. The van der Waals surface area contributed by atoms with E-state index in [2.05, 4.69) is 5.32 Å². The lowest BCUT2D eigenvalue weighted by molar-refractivity contribution is -0.133. The first-order valence-electron chi connectivity index (χ1n) is 9.99. The van der Waals surface area contributed by atoms with Gasteiger partial charge in [-0.25, -0.2) is 4.39 Å². The summed E-state index contributed by atoms with van der Waals surface area (Å²) in [5.41, 5.74) is -0.969. The van der Waals surface area contributed by atoms with Gasteiger partial charge in [-0.1, -0.05) is 23.7 Å². The number of carbonyl (C=O) groups is 1. The number of allylic oxidation sites excluding steroid dienone is 1. The molecule has 3 rings (SSSR count). The minimum Gasteiger partial charge on any atom is -0.481 e. The minimum atomic E-state index is -4.85. The van der Waals surface area contributed by atoms with Crippen molar-refractivity contribution in [2.24, 2.45) is 0 Å². The molecule has 0 radical (unpaired) electrons. The Hall–Kier alpha value is -3.02. The summed E-state index contributed by atoms with van der Waals surface area (Å²) in [5, 5.41) is 22.9. The number of anilines is 2. The molecule has 1 aliphatic rings. The normalized spacial score (nSPS) is 19.5. The molecule has 12 heteroatoms. The van der Waals surface area contributed by atoms with Gasteiger partial charge >= 0.3 is 6.18 Å². The summed E-state index contributed by atoms with van der Waals surface area (Å²) in [6.45, 7) is 3.33. The Morgan fingerprint density at radius 2 is 1.91 bits per heavy atom. The highest BCUT2D eigenvalue weighted by molar-refractivity contribution is 6.33. The number of aliphatic hydroxyl groups is 2. The van der Waals surface area contributed by atoms with Crippen molar-refractivity contribution >= 4 is 28.9 Å². The zero-order valence-corrected chi connectivity index (χ0v) is 19.0. The Bertz CT molecular complexity index is 1110. The molecule has 1 heterocycles. The van der Waals surface area contributed by atoms with Gasteiger partial charge in [0.2, 0.25) is 6.35 Å². The van der Waals surface area contributed by atoms with Crippen LogP contribution >= 0.6 is 11.6 Å². The average Bonchev–Trinajstić information content (AvgIpc) is 2.72. The highest BCUT2D eigenvalue weighted by atomic mass is 35.5. The molecule has 34 heavy (non-hydrogen) atoms. The van der Waals surface area contributed by atoms with Crippen LogP contribution in [0.3, 0.4) is 0 Å². The Morgan fingerprint density at radius 1 is 1.24 bits per heavy atom. The van der Waals surface area contributed by atoms with E-state index in [9.17, 15) is 32.6 Å². The summed E-state index contributed by atoms with van der Waals surface area (Å²) >= 11 is 6.04. The van der Waals surface area contributed by atoms with E-state index < -0.39 is 48.0 Å². The molecule has 7 nitrogen and oxygen atoms in total. The lowest BCUT2D eigenvalue weighted by atomic mass is 10.2. The number of nitrogens with zero attached hydrogens (tertiary/aromatic N) is 2. The molecule has 0 fully saturated rings. The average molecular weight is 504 g/mol. The SMILES string of the molecule is Cc1cccc(OC(C)C(=O)Nc2cc(N3C(O)C=C(C(F)(F)F)N(C)C3O)c(F)cc2Cl)c1. The van der Waals surface area contributed by atoms with Crippen LogP contribution in [-0.4, -0.2) is 52.9 Å². The van der Waals surface area contributed by atoms with Crippen LogP contribution in [0.1, 0.15) is 12.5 Å². The second-order valence-corrected chi connectivity index (χ2v) is 8.08. The standard InChI is InChI=1S/C22H22ClF4N3O4/c1-11-5-4-6-13(7-11)34-12(2)20(32)28-16-9-17(15(24)8-14(16)23)30-19(31)10-18(22(25,26)27)29(3)21(30)33/h4-10,12,19,21,31,33H,1-3H3,(H,28,32). The molecular weight excluding hydrogens is 482 g/mol. The van der Waals surface area contributed by atoms with Gasteiger partial charge in [-0.3, -0.25) is 9.69 Å². The minimum absolute atomic E-state index is 0.101. The van der Waals surface area contributed by atoms with Crippen LogP contribution in [0.2, 0.25) is 5.02 Å². The first-order valence-corrected chi connectivity index (χ1v) is 10.4. The summed E-state index contributed by atoms with van der Waals surface area (Å²) in [4.78, 5) is 13.6. The first-order chi connectivity index (χ1) is 15.8. The van der Waals surface area contributed by atoms with Crippen molar-refractivity contribution in [3.05, 3.63) is 64.6 Å². The predicted octanol–water partition coefficient (Wildman–Crippen LogP) is 3.99. The van der Waals surface area contributed by atoms with E-state index in [-0.39, 0.29) is 10.7 Å². The van der Waals surface area contributed by atoms with E-state index >= 15 is 0 Å². The number of aryl methyl sites for hydroxylation is 1. The molecule has 184 valence electrons. The van der Waals surface area contributed by atoms with Crippen molar-refractivity contribution in [3.63, 3.8) is 0 Å². The molecule has 0 saturated carbocycles. The van der Waals surface area contributed by atoms with Crippen LogP contribution in [0.5, 0.6) is 5.75 Å². The number of alkyl halides is 3. The Balaban J connectivity index is 1.86. The van der Waals surface area contributed by atoms with Crippen molar-refractivity contribution in [2.75, 3.05) is 17.3 Å². The van der Waals surface area contributed by atoms with Crippen LogP contribution < -0.4 is 15.0 Å². The van der Waals surface area contributed by atoms with Crippen LogP contribution in [0.15, 0.2) is 48.2 Å². The summed E-state index contributed by atoms with van der Waals surface area (Å²) < 4.78 is 59.8. The summed E-state index contributed by atoms with van der Waals surface area (Å²) in [6, 6.07) is 8.81. The van der Waals surface area contributed by atoms with E-state index in [1.807, 2.05) is 13.0 Å². The predicted molar refractivity (Wildman–Crippen MR) is 118 cm³/mol. The van der Waals surface area contributed by atoms with Gasteiger partial charge in [-0.2, -0.15) is 13.2 Å². The quantitative estimate of drug-likeness (QED) is 0.535. The maximum absolute atomic E-state index is 14.7. The third-order valence-electron chi connectivity index (χ3n) is 5.10. The second-order valence-electron chi connectivity index (χ2n) is 7.68. The fourth-order valence-electron chi connectivity index (χ4n) is 3.36. The molecular formula is C22H22ClF4N3O4. The fourth-order valence-corrected chi connectivity index (χ4v) is 3.56. The van der Waals surface area contributed by atoms with E-state index in [0.717, 1.165) is 24.7 Å². The lowest BCUT2D eigenvalue weighted by Crippen LogP contribution is -2.56. The van der Waals surface area contributed by atoms with Gasteiger partial charge in [0.05, 0.1) is 16.4 Å². The van der Waals surface area contributed by atoms with Crippen molar-refractivity contribution in [3.8, 4) is 5.75 Å². The molecule has 1 aliphatic heterocycles. The molecule has 0 saturated heterocycles. The maximum atomic E-state index is 14.7. The lowest BCUT2D eigenvalue weighted by Gasteiger charge is -2.43. The van der Waals surface area contributed by atoms with Crippen LogP contribution in [-0.2, 0) is 4.79 Å². The number of nitrogens with one attached hydrogen (secondary N) is 1. The third kappa shape index (κ3) is 5.37. The zero-order valence-electron chi connectivity index (χ0n) is 18.3. The summed E-state index contributed by atoms with van der Waals surface area (Å²) in [7, 11) is 0.934. The largest absolute Gasteiger partial charge is 0.481 e. The molecule has 2 aromatic carbocycles. The molecule has 0 bridgehead atoms. The van der Waals surface area contributed by atoms with Gasteiger partial charge < -0.3 is 25.2 Å². The Kier molecular flexibility index (Phi) is 7.29.